The predicted molar refractivity (Wildman–Crippen MR) is 113 cm³/mol. The highest BCUT2D eigenvalue weighted by molar-refractivity contribution is 6.01. The molecule has 2 aromatic carbocycles. The average Bonchev–Trinajstić information content (AvgIpc) is 3.14. The first-order chi connectivity index (χ1) is 14.1. The summed E-state index contributed by atoms with van der Waals surface area (Å²) in [7, 11) is 0. The number of benzene rings is 2. The van der Waals surface area contributed by atoms with Crippen LogP contribution >= 0.6 is 0 Å². The van der Waals surface area contributed by atoms with E-state index in [4.69, 9.17) is 4.74 Å². The highest BCUT2D eigenvalue weighted by atomic mass is 16.5. The topological polar surface area (TPSA) is 58.6 Å². The van der Waals surface area contributed by atoms with E-state index in [-0.39, 0.29) is 30.2 Å². The van der Waals surface area contributed by atoms with Crippen molar-refractivity contribution >= 4 is 17.5 Å². The number of carbonyl (C=O) groups is 2. The summed E-state index contributed by atoms with van der Waals surface area (Å²) in [6.45, 7) is 5.23. The molecule has 2 aliphatic rings. The quantitative estimate of drug-likeness (QED) is 0.842. The molecule has 0 aromatic heterocycles. The third-order valence-corrected chi connectivity index (χ3v) is 6.01. The first-order valence-electron chi connectivity index (χ1n) is 10.6. The van der Waals surface area contributed by atoms with Crippen LogP contribution in [0.1, 0.15) is 49.4 Å². The summed E-state index contributed by atoms with van der Waals surface area (Å²) in [6.07, 6.45) is 2.73. The summed E-state index contributed by atoms with van der Waals surface area (Å²) in [5.74, 6) is 0.493. The number of aryl methyl sites for hydroxylation is 2. The van der Waals surface area contributed by atoms with E-state index in [2.05, 4.69) is 37.4 Å². The minimum Gasteiger partial charge on any atom is -0.493 e. The van der Waals surface area contributed by atoms with Crippen molar-refractivity contribution in [2.45, 2.75) is 45.6 Å². The molecule has 0 aliphatic carbocycles. The molecule has 4 rings (SSSR count). The molecule has 2 atom stereocenters. The van der Waals surface area contributed by atoms with Gasteiger partial charge in [0.1, 0.15) is 5.75 Å². The average molecular weight is 392 g/mol. The molecule has 0 saturated carbocycles. The normalized spacial score (nSPS) is 20.9. The summed E-state index contributed by atoms with van der Waals surface area (Å²) in [5.41, 5.74) is 4.35. The van der Waals surface area contributed by atoms with Crippen molar-refractivity contribution in [1.29, 1.82) is 0 Å². The maximum Gasteiger partial charge on any atom is 0.227 e. The van der Waals surface area contributed by atoms with Gasteiger partial charge in [0.25, 0.3) is 0 Å². The van der Waals surface area contributed by atoms with Gasteiger partial charge in [0.15, 0.2) is 0 Å². The number of amides is 2. The minimum atomic E-state index is -0.327. The molecule has 1 saturated heterocycles. The fraction of sp³-hybridized carbons (Fsp3) is 0.417. The van der Waals surface area contributed by atoms with E-state index >= 15 is 0 Å². The van der Waals surface area contributed by atoms with Gasteiger partial charge in [-0.05, 0) is 30.0 Å². The fourth-order valence-corrected chi connectivity index (χ4v) is 4.44. The molecule has 5 heteroatoms. The molecule has 152 valence electrons. The summed E-state index contributed by atoms with van der Waals surface area (Å²) >= 11 is 0. The highest BCUT2D eigenvalue weighted by Crippen LogP contribution is 2.34. The van der Waals surface area contributed by atoms with Crippen LogP contribution in [0, 0.1) is 5.92 Å². The summed E-state index contributed by atoms with van der Waals surface area (Å²) in [4.78, 5) is 27.7. The number of nitrogens with one attached hydrogen (secondary N) is 1. The molecule has 2 aromatic rings. The van der Waals surface area contributed by atoms with Gasteiger partial charge in [0.05, 0.1) is 18.6 Å². The Labute approximate surface area is 172 Å². The molecule has 2 aliphatic heterocycles. The number of carbonyl (C=O) groups excluding carboxylic acids is 2. The maximum absolute atomic E-state index is 13.0. The molecule has 0 spiro atoms. The molecular weight excluding hydrogens is 364 g/mol. The lowest BCUT2D eigenvalue weighted by Crippen LogP contribution is -2.37. The van der Waals surface area contributed by atoms with Crippen molar-refractivity contribution in [2.24, 2.45) is 5.92 Å². The zero-order valence-corrected chi connectivity index (χ0v) is 17.1. The maximum atomic E-state index is 13.0. The van der Waals surface area contributed by atoms with E-state index in [1.54, 1.807) is 0 Å². The third kappa shape index (κ3) is 3.74. The standard InChI is InChI=1S/C24H28N2O3/c1-3-16-8-7-9-17(4-2)23(16)26-15-18(14-22(26)27)24(28)25-20-12-13-29-21-11-6-5-10-19(20)21/h5-11,18,20H,3-4,12-15H2,1-2H3,(H,25,28). The van der Waals surface area contributed by atoms with Crippen LogP contribution in [0.25, 0.3) is 0 Å². The van der Waals surface area contributed by atoms with Gasteiger partial charge in [-0.2, -0.15) is 0 Å². The van der Waals surface area contributed by atoms with Gasteiger partial charge in [-0.1, -0.05) is 50.2 Å². The number of hydrogen-bond acceptors (Lipinski definition) is 3. The van der Waals surface area contributed by atoms with E-state index in [9.17, 15) is 9.59 Å². The monoisotopic (exact) mass is 392 g/mol. The van der Waals surface area contributed by atoms with Crippen LogP contribution < -0.4 is 15.0 Å². The smallest absolute Gasteiger partial charge is 0.227 e. The van der Waals surface area contributed by atoms with Crippen molar-refractivity contribution < 1.29 is 14.3 Å². The Kier molecular flexibility index (Phi) is 5.56. The summed E-state index contributed by atoms with van der Waals surface area (Å²) < 4.78 is 5.69. The second kappa shape index (κ2) is 8.27. The van der Waals surface area contributed by atoms with E-state index in [0.29, 0.717) is 13.2 Å². The zero-order valence-electron chi connectivity index (χ0n) is 17.1. The highest BCUT2D eigenvalue weighted by Gasteiger charge is 2.37. The minimum absolute atomic E-state index is 0.0353. The third-order valence-electron chi connectivity index (χ3n) is 6.01. The van der Waals surface area contributed by atoms with Crippen LogP contribution in [0.3, 0.4) is 0 Å². The van der Waals surface area contributed by atoms with Crippen molar-refractivity contribution in [2.75, 3.05) is 18.1 Å². The van der Waals surface area contributed by atoms with Crippen molar-refractivity contribution in [1.82, 2.24) is 5.32 Å². The first kappa shape index (κ1) is 19.5. The van der Waals surface area contributed by atoms with Crippen LogP contribution in [0.2, 0.25) is 0 Å². The Balaban J connectivity index is 1.51. The molecule has 2 heterocycles. The number of fused-ring (bicyclic) bond motifs is 1. The first-order valence-corrected chi connectivity index (χ1v) is 10.6. The van der Waals surface area contributed by atoms with Crippen LogP contribution in [0.5, 0.6) is 5.75 Å². The van der Waals surface area contributed by atoms with E-state index in [1.807, 2.05) is 29.2 Å². The van der Waals surface area contributed by atoms with Gasteiger partial charge in [-0.15, -0.1) is 0 Å². The second-order valence-electron chi connectivity index (χ2n) is 7.77. The number of ether oxygens (including phenoxy) is 1. The summed E-state index contributed by atoms with van der Waals surface area (Å²) in [6, 6.07) is 14.0. The molecule has 1 N–H and O–H groups in total. The Morgan fingerprint density at radius 3 is 2.55 bits per heavy atom. The lowest BCUT2D eigenvalue weighted by Gasteiger charge is -2.27. The molecule has 5 nitrogen and oxygen atoms in total. The number of nitrogens with zero attached hydrogens (tertiary/aromatic N) is 1. The van der Waals surface area contributed by atoms with Gasteiger partial charge in [0, 0.05) is 30.6 Å². The second-order valence-corrected chi connectivity index (χ2v) is 7.77. The largest absolute Gasteiger partial charge is 0.493 e. The van der Waals surface area contributed by atoms with Crippen LogP contribution in [0.4, 0.5) is 5.69 Å². The van der Waals surface area contributed by atoms with E-state index < -0.39 is 0 Å². The molecule has 29 heavy (non-hydrogen) atoms. The number of hydrogen-bond donors (Lipinski definition) is 1. The van der Waals surface area contributed by atoms with E-state index in [1.165, 1.54) is 0 Å². The number of anilines is 1. The van der Waals surface area contributed by atoms with Gasteiger partial charge in [-0.3, -0.25) is 9.59 Å². The lowest BCUT2D eigenvalue weighted by molar-refractivity contribution is -0.127. The lowest BCUT2D eigenvalue weighted by atomic mass is 9.99. The van der Waals surface area contributed by atoms with Crippen LogP contribution in [0.15, 0.2) is 42.5 Å². The molecule has 1 fully saturated rings. The molecule has 2 amide bonds. The van der Waals surface area contributed by atoms with Crippen LogP contribution in [-0.2, 0) is 22.4 Å². The Bertz CT molecular complexity index is 902. The van der Waals surface area contributed by atoms with Crippen molar-refractivity contribution in [3.05, 3.63) is 59.2 Å². The van der Waals surface area contributed by atoms with Crippen molar-refractivity contribution in [3.63, 3.8) is 0 Å². The van der Waals surface area contributed by atoms with Gasteiger partial charge in [0.2, 0.25) is 11.8 Å². The van der Waals surface area contributed by atoms with Crippen molar-refractivity contribution in [3.8, 4) is 5.75 Å². The van der Waals surface area contributed by atoms with Gasteiger partial charge >= 0.3 is 0 Å². The zero-order chi connectivity index (χ0) is 20.4. The van der Waals surface area contributed by atoms with Crippen LogP contribution in [-0.4, -0.2) is 25.0 Å². The Hall–Kier alpha value is -2.82. The molecule has 0 bridgehead atoms. The fourth-order valence-electron chi connectivity index (χ4n) is 4.44. The number of para-hydroxylation sites is 2. The SMILES string of the molecule is CCc1cccc(CC)c1N1CC(C(=O)NC2CCOc3ccccc32)CC1=O. The molecule has 2 unspecified atom stereocenters. The Morgan fingerprint density at radius 2 is 1.83 bits per heavy atom. The number of rotatable bonds is 5. The predicted octanol–water partition coefficient (Wildman–Crippen LogP) is 3.80. The summed E-state index contributed by atoms with van der Waals surface area (Å²) in [5, 5.41) is 3.17. The molecular formula is C24H28N2O3. The van der Waals surface area contributed by atoms with E-state index in [0.717, 1.165) is 47.4 Å². The Morgan fingerprint density at radius 1 is 1.10 bits per heavy atom. The van der Waals surface area contributed by atoms with Gasteiger partial charge in [-0.25, -0.2) is 0 Å². The molecule has 0 radical (unpaired) electrons. The van der Waals surface area contributed by atoms with Gasteiger partial charge < -0.3 is 15.0 Å².